The van der Waals surface area contributed by atoms with Gasteiger partial charge in [-0.25, -0.2) is 9.97 Å². The summed E-state index contributed by atoms with van der Waals surface area (Å²) in [6.07, 6.45) is 6.92. The number of hydrogen-bond acceptors (Lipinski definition) is 3. The SMILES string of the molecule is Cc1cc(Cl)nc(CN2CCC3CCCCC32)n1. The van der Waals surface area contributed by atoms with E-state index in [2.05, 4.69) is 14.9 Å². The van der Waals surface area contributed by atoms with E-state index in [0.717, 1.165) is 30.0 Å². The molecular weight excluding hydrogens is 246 g/mol. The van der Waals surface area contributed by atoms with Crippen LogP contribution in [0.1, 0.15) is 43.6 Å². The average Bonchev–Trinajstić information content (AvgIpc) is 2.72. The van der Waals surface area contributed by atoms with Crippen molar-refractivity contribution in [2.75, 3.05) is 6.54 Å². The van der Waals surface area contributed by atoms with E-state index in [4.69, 9.17) is 11.6 Å². The normalized spacial score (nSPS) is 28.3. The minimum atomic E-state index is 0.567. The van der Waals surface area contributed by atoms with Crippen LogP contribution in [0.15, 0.2) is 6.07 Å². The maximum atomic E-state index is 6.00. The number of halogens is 1. The Morgan fingerprint density at radius 3 is 2.94 bits per heavy atom. The van der Waals surface area contributed by atoms with E-state index in [1.54, 1.807) is 0 Å². The lowest BCUT2D eigenvalue weighted by Crippen LogP contribution is -2.34. The Hall–Kier alpha value is -0.670. The Bertz CT molecular complexity index is 415. The zero-order valence-corrected chi connectivity index (χ0v) is 11.7. The van der Waals surface area contributed by atoms with E-state index >= 15 is 0 Å². The molecule has 0 aromatic carbocycles. The van der Waals surface area contributed by atoms with Crippen molar-refractivity contribution in [2.45, 2.75) is 51.6 Å². The van der Waals surface area contributed by atoms with Crippen LogP contribution in [0.2, 0.25) is 5.15 Å². The van der Waals surface area contributed by atoms with Crippen LogP contribution in [0.5, 0.6) is 0 Å². The zero-order valence-electron chi connectivity index (χ0n) is 10.9. The fourth-order valence-corrected chi connectivity index (χ4v) is 3.80. The second-order valence-electron chi connectivity index (χ2n) is 5.62. The number of aryl methyl sites for hydroxylation is 1. The number of nitrogens with zero attached hydrogens (tertiary/aromatic N) is 3. The highest BCUT2D eigenvalue weighted by molar-refractivity contribution is 6.29. The molecule has 4 heteroatoms. The van der Waals surface area contributed by atoms with Gasteiger partial charge in [-0.15, -0.1) is 0 Å². The van der Waals surface area contributed by atoms with Crippen molar-refractivity contribution in [3.8, 4) is 0 Å². The number of hydrogen-bond donors (Lipinski definition) is 0. The van der Waals surface area contributed by atoms with Crippen molar-refractivity contribution in [3.63, 3.8) is 0 Å². The van der Waals surface area contributed by atoms with Crippen LogP contribution in [0.25, 0.3) is 0 Å². The van der Waals surface area contributed by atoms with E-state index in [0.29, 0.717) is 5.15 Å². The molecule has 3 rings (SSSR count). The largest absolute Gasteiger partial charge is 0.293 e. The van der Waals surface area contributed by atoms with Crippen LogP contribution in [0.4, 0.5) is 0 Å². The second-order valence-corrected chi connectivity index (χ2v) is 6.01. The first-order valence-electron chi connectivity index (χ1n) is 6.96. The zero-order chi connectivity index (χ0) is 12.5. The van der Waals surface area contributed by atoms with Crippen molar-refractivity contribution in [1.82, 2.24) is 14.9 Å². The predicted molar refractivity (Wildman–Crippen MR) is 72.6 cm³/mol. The van der Waals surface area contributed by atoms with Gasteiger partial charge in [0.2, 0.25) is 0 Å². The summed E-state index contributed by atoms with van der Waals surface area (Å²) >= 11 is 6.00. The lowest BCUT2D eigenvalue weighted by molar-refractivity contribution is 0.172. The second kappa shape index (κ2) is 5.14. The standard InChI is InChI=1S/C14H20ClN3/c1-10-8-13(15)17-14(16-10)9-18-7-6-11-4-2-3-5-12(11)18/h8,11-12H,2-7,9H2,1H3. The molecule has 0 amide bonds. The Morgan fingerprint density at radius 2 is 2.11 bits per heavy atom. The van der Waals surface area contributed by atoms with Gasteiger partial charge in [0, 0.05) is 11.7 Å². The minimum absolute atomic E-state index is 0.567. The fraction of sp³-hybridized carbons (Fsp3) is 0.714. The quantitative estimate of drug-likeness (QED) is 0.769. The molecule has 1 aliphatic heterocycles. The Labute approximate surface area is 114 Å². The van der Waals surface area contributed by atoms with Gasteiger partial charge >= 0.3 is 0 Å². The van der Waals surface area contributed by atoms with Crippen molar-refractivity contribution in [1.29, 1.82) is 0 Å². The summed E-state index contributed by atoms with van der Waals surface area (Å²) in [4.78, 5) is 11.4. The van der Waals surface area contributed by atoms with Gasteiger partial charge in [-0.05, 0) is 44.7 Å². The Kier molecular flexibility index (Phi) is 3.53. The first-order chi connectivity index (χ1) is 8.72. The number of aromatic nitrogens is 2. The third-order valence-corrected chi connectivity index (χ3v) is 4.53. The van der Waals surface area contributed by atoms with Crippen LogP contribution in [0.3, 0.4) is 0 Å². The van der Waals surface area contributed by atoms with E-state index in [9.17, 15) is 0 Å². The number of rotatable bonds is 2. The summed E-state index contributed by atoms with van der Waals surface area (Å²) < 4.78 is 0. The maximum Gasteiger partial charge on any atom is 0.144 e. The van der Waals surface area contributed by atoms with Gasteiger partial charge in [0.25, 0.3) is 0 Å². The van der Waals surface area contributed by atoms with E-state index in [1.807, 2.05) is 13.0 Å². The van der Waals surface area contributed by atoms with E-state index in [1.165, 1.54) is 38.6 Å². The summed E-state index contributed by atoms with van der Waals surface area (Å²) in [5.41, 5.74) is 0.962. The molecule has 18 heavy (non-hydrogen) atoms. The van der Waals surface area contributed by atoms with Crippen LogP contribution in [-0.2, 0) is 6.54 Å². The van der Waals surface area contributed by atoms with Crippen molar-refractivity contribution < 1.29 is 0 Å². The molecule has 2 fully saturated rings. The molecule has 1 aromatic rings. The summed E-state index contributed by atoms with van der Waals surface area (Å²) in [7, 11) is 0. The average molecular weight is 266 g/mol. The minimum Gasteiger partial charge on any atom is -0.293 e. The summed E-state index contributed by atoms with van der Waals surface area (Å²) in [5, 5.41) is 0.567. The molecule has 0 N–H and O–H groups in total. The van der Waals surface area contributed by atoms with Gasteiger partial charge in [-0.2, -0.15) is 0 Å². The third kappa shape index (κ3) is 2.52. The van der Waals surface area contributed by atoms with Crippen LogP contribution in [0, 0.1) is 12.8 Å². The molecule has 2 unspecified atom stereocenters. The van der Waals surface area contributed by atoms with E-state index in [-0.39, 0.29) is 0 Å². The summed E-state index contributed by atoms with van der Waals surface area (Å²) in [6.45, 7) is 4.04. The Balaban J connectivity index is 1.72. The van der Waals surface area contributed by atoms with Crippen molar-refractivity contribution in [3.05, 3.63) is 22.7 Å². The number of likely N-dealkylation sites (tertiary alicyclic amines) is 1. The molecule has 1 aliphatic carbocycles. The summed E-state index contributed by atoms with van der Waals surface area (Å²) in [5.74, 6) is 1.80. The highest BCUT2D eigenvalue weighted by Gasteiger charge is 2.35. The molecule has 98 valence electrons. The monoisotopic (exact) mass is 265 g/mol. The van der Waals surface area contributed by atoms with Crippen molar-refractivity contribution in [2.24, 2.45) is 5.92 Å². The molecule has 1 saturated carbocycles. The van der Waals surface area contributed by atoms with Gasteiger partial charge in [0.15, 0.2) is 0 Å². The van der Waals surface area contributed by atoms with Crippen molar-refractivity contribution >= 4 is 11.6 Å². The predicted octanol–water partition coefficient (Wildman–Crippen LogP) is 3.20. The first kappa shape index (κ1) is 12.4. The highest BCUT2D eigenvalue weighted by atomic mass is 35.5. The molecule has 0 bridgehead atoms. The molecular formula is C14H20ClN3. The third-order valence-electron chi connectivity index (χ3n) is 4.34. The number of fused-ring (bicyclic) bond motifs is 1. The topological polar surface area (TPSA) is 29.0 Å². The maximum absolute atomic E-state index is 6.00. The molecule has 0 radical (unpaired) electrons. The highest BCUT2D eigenvalue weighted by Crippen LogP contribution is 2.36. The fourth-order valence-electron chi connectivity index (χ4n) is 3.54. The van der Waals surface area contributed by atoms with Gasteiger partial charge < -0.3 is 0 Å². The van der Waals surface area contributed by atoms with E-state index < -0.39 is 0 Å². The van der Waals surface area contributed by atoms with Crippen LogP contribution < -0.4 is 0 Å². The lowest BCUT2D eigenvalue weighted by Gasteiger charge is -2.31. The summed E-state index contributed by atoms with van der Waals surface area (Å²) in [6, 6.07) is 2.58. The molecule has 2 heterocycles. The molecule has 3 nitrogen and oxygen atoms in total. The first-order valence-corrected chi connectivity index (χ1v) is 7.34. The lowest BCUT2D eigenvalue weighted by atomic mass is 9.85. The van der Waals surface area contributed by atoms with Crippen LogP contribution in [-0.4, -0.2) is 27.5 Å². The molecule has 1 saturated heterocycles. The van der Waals surface area contributed by atoms with Crippen LogP contribution >= 0.6 is 11.6 Å². The Morgan fingerprint density at radius 1 is 1.28 bits per heavy atom. The molecule has 2 aliphatic rings. The smallest absolute Gasteiger partial charge is 0.144 e. The molecule has 1 aromatic heterocycles. The molecule has 0 spiro atoms. The van der Waals surface area contributed by atoms with Gasteiger partial charge in [-0.1, -0.05) is 24.4 Å². The van der Waals surface area contributed by atoms with Gasteiger partial charge in [0.05, 0.1) is 6.54 Å². The van der Waals surface area contributed by atoms with Gasteiger partial charge in [0.1, 0.15) is 11.0 Å². The molecule has 2 atom stereocenters. The van der Waals surface area contributed by atoms with Gasteiger partial charge in [-0.3, -0.25) is 4.90 Å².